The van der Waals surface area contributed by atoms with Crippen LogP contribution in [0.2, 0.25) is 0 Å². The van der Waals surface area contributed by atoms with Crippen LogP contribution in [0.4, 0.5) is 20.2 Å². The summed E-state index contributed by atoms with van der Waals surface area (Å²) < 4.78 is 52.0. The van der Waals surface area contributed by atoms with E-state index in [0.717, 1.165) is 24.3 Å². The molecule has 4 nitrogen and oxygen atoms in total. The van der Waals surface area contributed by atoms with Gasteiger partial charge in [0.1, 0.15) is 11.6 Å². The molecule has 2 aromatic carbocycles. The number of sulfonamides is 1. The highest BCUT2D eigenvalue weighted by molar-refractivity contribution is 7.92. The molecule has 100 valence electrons. The van der Waals surface area contributed by atoms with E-state index < -0.39 is 21.7 Å². The number of nitrogens with one attached hydrogen (secondary N) is 1. The maximum atomic E-state index is 13.2. The van der Waals surface area contributed by atoms with Crippen LogP contribution in [0.1, 0.15) is 0 Å². The van der Waals surface area contributed by atoms with E-state index in [4.69, 9.17) is 5.73 Å². The van der Waals surface area contributed by atoms with Crippen LogP contribution in [0.25, 0.3) is 0 Å². The molecule has 7 heteroatoms. The molecule has 0 saturated heterocycles. The van der Waals surface area contributed by atoms with Crippen molar-refractivity contribution in [3.8, 4) is 0 Å². The Morgan fingerprint density at radius 3 is 2.21 bits per heavy atom. The summed E-state index contributed by atoms with van der Waals surface area (Å²) in [5, 5.41) is 0. The van der Waals surface area contributed by atoms with Gasteiger partial charge < -0.3 is 5.73 Å². The van der Waals surface area contributed by atoms with Crippen LogP contribution >= 0.6 is 0 Å². The van der Waals surface area contributed by atoms with Gasteiger partial charge in [-0.3, -0.25) is 4.72 Å². The van der Waals surface area contributed by atoms with Crippen molar-refractivity contribution in [2.75, 3.05) is 10.5 Å². The average molecular weight is 284 g/mol. The summed E-state index contributed by atoms with van der Waals surface area (Å²) in [6.07, 6.45) is 0. The molecular formula is C12H10F2N2O2S. The normalized spacial score (nSPS) is 11.3. The number of halogens is 2. The van der Waals surface area contributed by atoms with Crippen LogP contribution in [0, 0.1) is 11.6 Å². The van der Waals surface area contributed by atoms with Crippen molar-refractivity contribution in [1.82, 2.24) is 0 Å². The molecule has 0 aliphatic carbocycles. The molecule has 0 spiro atoms. The Labute approximate surface area is 108 Å². The molecule has 3 N–H and O–H groups in total. The largest absolute Gasteiger partial charge is 0.396 e. The predicted molar refractivity (Wildman–Crippen MR) is 68.0 cm³/mol. The van der Waals surface area contributed by atoms with Gasteiger partial charge in [-0.05, 0) is 42.5 Å². The summed E-state index contributed by atoms with van der Waals surface area (Å²) in [5.41, 5.74) is 5.31. The molecule has 0 fully saturated rings. The van der Waals surface area contributed by atoms with Gasteiger partial charge in [0.25, 0.3) is 10.0 Å². The van der Waals surface area contributed by atoms with Crippen LogP contribution in [0.15, 0.2) is 47.4 Å². The fourth-order valence-electron chi connectivity index (χ4n) is 1.41. The van der Waals surface area contributed by atoms with Crippen molar-refractivity contribution in [3.05, 3.63) is 54.1 Å². The molecule has 0 atom stereocenters. The van der Waals surface area contributed by atoms with Crippen molar-refractivity contribution >= 4 is 21.4 Å². The van der Waals surface area contributed by atoms with Crippen molar-refractivity contribution in [3.63, 3.8) is 0 Å². The summed E-state index contributed by atoms with van der Waals surface area (Å²) >= 11 is 0. The van der Waals surface area contributed by atoms with Gasteiger partial charge in [0, 0.05) is 5.69 Å². The lowest BCUT2D eigenvalue weighted by Gasteiger charge is -2.08. The van der Waals surface area contributed by atoms with Gasteiger partial charge in [-0.15, -0.1) is 0 Å². The molecule has 0 radical (unpaired) electrons. The monoisotopic (exact) mass is 284 g/mol. The van der Waals surface area contributed by atoms with Crippen LogP contribution in [0.5, 0.6) is 0 Å². The zero-order valence-electron chi connectivity index (χ0n) is 9.60. The SMILES string of the molecule is Nc1ccc(S(=O)(=O)Nc2ccc(F)cc2)cc1F. The average Bonchev–Trinajstić information content (AvgIpc) is 2.35. The van der Waals surface area contributed by atoms with Gasteiger partial charge >= 0.3 is 0 Å². The van der Waals surface area contributed by atoms with E-state index in [9.17, 15) is 17.2 Å². The minimum absolute atomic E-state index is 0.138. The standard InChI is InChI=1S/C12H10F2N2O2S/c13-8-1-3-9(4-2-8)16-19(17,18)10-5-6-12(15)11(14)7-10/h1-7,16H,15H2. The Kier molecular flexibility index (Phi) is 3.39. The quantitative estimate of drug-likeness (QED) is 0.850. The van der Waals surface area contributed by atoms with E-state index in [1.54, 1.807) is 0 Å². The van der Waals surface area contributed by atoms with E-state index in [2.05, 4.69) is 4.72 Å². The van der Waals surface area contributed by atoms with E-state index in [0.29, 0.717) is 0 Å². The molecule has 19 heavy (non-hydrogen) atoms. The molecule has 0 amide bonds. The first-order chi connectivity index (χ1) is 8.88. The zero-order chi connectivity index (χ0) is 14.0. The third-order valence-corrected chi connectivity index (χ3v) is 3.76. The predicted octanol–water partition coefficient (Wildman–Crippen LogP) is 2.35. The number of nitrogen functional groups attached to an aromatic ring is 1. The molecule has 0 heterocycles. The van der Waals surface area contributed by atoms with Gasteiger partial charge in [-0.2, -0.15) is 0 Å². The highest BCUT2D eigenvalue weighted by atomic mass is 32.2. The first kappa shape index (κ1) is 13.3. The molecule has 0 aromatic heterocycles. The third-order valence-electron chi connectivity index (χ3n) is 2.38. The second kappa shape index (κ2) is 4.85. The van der Waals surface area contributed by atoms with Gasteiger partial charge in [-0.1, -0.05) is 0 Å². The Balaban J connectivity index is 2.32. The number of nitrogens with two attached hydrogens (primary N) is 1. The van der Waals surface area contributed by atoms with E-state index >= 15 is 0 Å². The Morgan fingerprint density at radius 1 is 1.00 bits per heavy atom. The Bertz CT molecular complexity index is 700. The Hall–Kier alpha value is -2.15. The number of hydrogen-bond donors (Lipinski definition) is 2. The number of rotatable bonds is 3. The van der Waals surface area contributed by atoms with Crippen molar-refractivity contribution < 1.29 is 17.2 Å². The fourth-order valence-corrected chi connectivity index (χ4v) is 2.48. The van der Waals surface area contributed by atoms with Gasteiger partial charge in [0.05, 0.1) is 10.6 Å². The van der Waals surface area contributed by atoms with Crippen molar-refractivity contribution in [2.45, 2.75) is 4.90 Å². The second-order valence-corrected chi connectivity index (χ2v) is 5.48. The first-order valence-electron chi connectivity index (χ1n) is 5.22. The molecule has 0 saturated carbocycles. The first-order valence-corrected chi connectivity index (χ1v) is 6.70. The lowest BCUT2D eigenvalue weighted by Crippen LogP contribution is -2.13. The third kappa shape index (κ3) is 3.00. The van der Waals surface area contributed by atoms with Gasteiger partial charge in [-0.25, -0.2) is 17.2 Å². The summed E-state index contributed by atoms with van der Waals surface area (Å²) in [6, 6.07) is 7.92. The van der Waals surface area contributed by atoms with E-state index in [-0.39, 0.29) is 16.3 Å². The van der Waals surface area contributed by atoms with Crippen molar-refractivity contribution in [2.24, 2.45) is 0 Å². The summed E-state index contributed by atoms with van der Waals surface area (Å²) in [4.78, 5) is -0.261. The molecule has 0 aliphatic heterocycles. The number of benzene rings is 2. The van der Waals surface area contributed by atoms with Gasteiger partial charge in [0.15, 0.2) is 0 Å². The smallest absolute Gasteiger partial charge is 0.261 e. The van der Waals surface area contributed by atoms with Crippen LogP contribution in [0.3, 0.4) is 0 Å². The van der Waals surface area contributed by atoms with Crippen LogP contribution in [-0.4, -0.2) is 8.42 Å². The molecule has 2 rings (SSSR count). The maximum absolute atomic E-state index is 13.2. The summed E-state index contributed by atoms with van der Waals surface area (Å²) in [7, 11) is -3.93. The lowest BCUT2D eigenvalue weighted by molar-refractivity contribution is 0.596. The fraction of sp³-hybridized carbons (Fsp3) is 0. The van der Waals surface area contributed by atoms with Crippen LogP contribution in [-0.2, 0) is 10.0 Å². The molecule has 0 unspecified atom stereocenters. The maximum Gasteiger partial charge on any atom is 0.261 e. The Morgan fingerprint density at radius 2 is 1.63 bits per heavy atom. The molecule has 0 bridgehead atoms. The second-order valence-electron chi connectivity index (χ2n) is 3.80. The van der Waals surface area contributed by atoms with E-state index in [1.165, 1.54) is 18.2 Å². The summed E-state index contributed by atoms with van der Waals surface area (Å²) in [6.45, 7) is 0. The highest BCUT2D eigenvalue weighted by Crippen LogP contribution is 2.19. The number of anilines is 2. The number of hydrogen-bond acceptors (Lipinski definition) is 3. The molecule has 0 aliphatic rings. The molecule has 2 aromatic rings. The van der Waals surface area contributed by atoms with Gasteiger partial charge in [0.2, 0.25) is 0 Å². The topological polar surface area (TPSA) is 72.2 Å². The summed E-state index contributed by atoms with van der Waals surface area (Å²) in [5.74, 6) is -1.30. The minimum atomic E-state index is -3.93. The zero-order valence-corrected chi connectivity index (χ0v) is 10.4. The van der Waals surface area contributed by atoms with Crippen molar-refractivity contribution in [1.29, 1.82) is 0 Å². The lowest BCUT2D eigenvalue weighted by atomic mass is 10.3. The van der Waals surface area contributed by atoms with E-state index in [1.807, 2.05) is 0 Å². The minimum Gasteiger partial charge on any atom is -0.396 e. The van der Waals surface area contributed by atoms with Crippen LogP contribution < -0.4 is 10.5 Å². The molecular weight excluding hydrogens is 274 g/mol. The highest BCUT2D eigenvalue weighted by Gasteiger charge is 2.15.